The van der Waals surface area contributed by atoms with Gasteiger partial charge < -0.3 is 21.7 Å². The highest BCUT2D eigenvalue weighted by atomic mass is 16.2. The second kappa shape index (κ2) is 7.49. The summed E-state index contributed by atoms with van der Waals surface area (Å²) in [4.78, 5) is 37.6. The highest BCUT2D eigenvalue weighted by Gasteiger charge is 2.24. The molecule has 1 aliphatic rings. The Bertz CT molecular complexity index is 878. The molecule has 0 fully saturated rings. The van der Waals surface area contributed by atoms with Gasteiger partial charge in [0.05, 0.1) is 6.54 Å². The third-order valence-electron chi connectivity index (χ3n) is 4.76. The van der Waals surface area contributed by atoms with Gasteiger partial charge in [0, 0.05) is 28.5 Å². The average Bonchev–Trinajstić information content (AvgIpc) is 2.63. The third-order valence-corrected chi connectivity index (χ3v) is 4.76. The number of aryl methyl sites for hydroxylation is 1. The van der Waals surface area contributed by atoms with Crippen molar-refractivity contribution in [2.75, 3.05) is 16.8 Å². The number of benzene rings is 2. The van der Waals surface area contributed by atoms with E-state index in [1.807, 2.05) is 18.2 Å². The van der Waals surface area contributed by atoms with E-state index in [4.69, 9.17) is 11.5 Å². The Labute approximate surface area is 157 Å². The number of carbonyl (C=O) groups excluding carboxylic acids is 3. The Hall–Kier alpha value is -3.35. The lowest BCUT2D eigenvalue weighted by Gasteiger charge is -2.36. The zero-order valence-corrected chi connectivity index (χ0v) is 15.1. The highest BCUT2D eigenvalue weighted by molar-refractivity contribution is 6.02. The van der Waals surface area contributed by atoms with Crippen molar-refractivity contribution in [3.8, 4) is 0 Å². The highest BCUT2D eigenvalue weighted by Crippen LogP contribution is 2.30. The van der Waals surface area contributed by atoms with Gasteiger partial charge in [-0.05, 0) is 49.6 Å². The predicted octanol–water partition coefficient (Wildman–Crippen LogP) is 1.66. The van der Waals surface area contributed by atoms with Gasteiger partial charge in [-0.3, -0.25) is 14.4 Å². The van der Waals surface area contributed by atoms with Gasteiger partial charge in [0.2, 0.25) is 17.7 Å². The standard InChI is InChI=1S/C20H22N4O3/c1-12-6-7-13-4-2-3-5-17(13)24(12)11-18(25)23-16-9-14(19(21)26)8-15(10-16)20(22)27/h2-5,8-10,12H,6-7,11H2,1H3,(H2,21,26)(H2,22,27)(H,23,25)/t12-/m0/s1. The number of carbonyl (C=O) groups is 3. The lowest BCUT2D eigenvalue weighted by molar-refractivity contribution is -0.115. The van der Waals surface area contributed by atoms with Crippen LogP contribution in [0.5, 0.6) is 0 Å². The third kappa shape index (κ3) is 4.08. The quantitative estimate of drug-likeness (QED) is 0.746. The summed E-state index contributed by atoms with van der Waals surface area (Å²) in [5.74, 6) is -1.66. The maximum absolute atomic E-state index is 12.6. The van der Waals surface area contributed by atoms with Crippen molar-refractivity contribution in [3.63, 3.8) is 0 Å². The van der Waals surface area contributed by atoms with Gasteiger partial charge in [-0.1, -0.05) is 18.2 Å². The van der Waals surface area contributed by atoms with Crippen LogP contribution in [0.25, 0.3) is 0 Å². The normalized spacial score (nSPS) is 15.7. The second-order valence-corrected chi connectivity index (χ2v) is 6.72. The van der Waals surface area contributed by atoms with E-state index in [1.54, 1.807) is 0 Å². The van der Waals surface area contributed by atoms with E-state index in [1.165, 1.54) is 23.8 Å². The molecule has 0 spiro atoms. The van der Waals surface area contributed by atoms with Gasteiger partial charge in [-0.15, -0.1) is 0 Å². The van der Waals surface area contributed by atoms with Crippen LogP contribution >= 0.6 is 0 Å². The van der Waals surface area contributed by atoms with Gasteiger partial charge in [0.15, 0.2) is 0 Å². The molecule has 0 aliphatic carbocycles. The van der Waals surface area contributed by atoms with Crippen LogP contribution < -0.4 is 21.7 Å². The van der Waals surface area contributed by atoms with E-state index in [-0.39, 0.29) is 29.6 Å². The minimum Gasteiger partial charge on any atom is -0.366 e. The Morgan fingerprint density at radius 3 is 2.33 bits per heavy atom. The van der Waals surface area contributed by atoms with Crippen molar-refractivity contribution in [2.24, 2.45) is 11.5 Å². The van der Waals surface area contributed by atoms with E-state index in [2.05, 4.69) is 23.2 Å². The van der Waals surface area contributed by atoms with Crippen LogP contribution in [0.3, 0.4) is 0 Å². The van der Waals surface area contributed by atoms with Crippen molar-refractivity contribution in [3.05, 3.63) is 59.2 Å². The molecule has 140 valence electrons. The summed E-state index contributed by atoms with van der Waals surface area (Å²) in [6, 6.07) is 12.4. The molecule has 2 aromatic rings. The Kier molecular flexibility index (Phi) is 5.12. The molecule has 27 heavy (non-hydrogen) atoms. The first-order valence-electron chi connectivity index (χ1n) is 8.74. The molecule has 7 heteroatoms. The van der Waals surface area contributed by atoms with Gasteiger partial charge >= 0.3 is 0 Å². The SMILES string of the molecule is C[C@H]1CCc2ccccc2N1CC(=O)Nc1cc(C(N)=O)cc(C(N)=O)c1. The molecule has 0 saturated heterocycles. The minimum absolute atomic E-state index is 0.110. The number of nitrogens with two attached hydrogens (primary N) is 2. The first-order valence-corrected chi connectivity index (χ1v) is 8.74. The Balaban J connectivity index is 1.80. The fourth-order valence-corrected chi connectivity index (χ4v) is 3.34. The number of amides is 3. The number of primary amides is 2. The number of rotatable bonds is 5. The van der Waals surface area contributed by atoms with Crippen LogP contribution in [0.2, 0.25) is 0 Å². The molecule has 7 nitrogen and oxygen atoms in total. The van der Waals surface area contributed by atoms with Crippen molar-refractivity contribution in [2.45, 2.75) is 25.8 Å². The van der Waals surface area contributed by atoms with Crippen LogP contribution in [-0.2, 0) is 11.2 Å². The van der Waals surface area contributed by atoms with E-state index in [0.717, 1.165) is 18.5 Å². The van der Waals surface area contributed by atoms with Crippen LogP contribution in [0.1, 0.15) is 39.6 Å². The van der Waals surface area contributed by atoms with Crippen molar-refractivity contribution >= 4 is 29.1 Å². The van der Waals surface area contributed by atoms with Crippen LogP contribution in [0.15, 0.2) is 42.5 Å². The van der Waals surface area contributed by atoms with E-state index in [0.29, 0.717) is 5.69 Å². The number of hydrogen-bond donors (Lipinski definition) is 3. The predicted molar refractivity (Wildman–Crippen MR) is 104 cm³/mol. The molecule has 1 heterocycles. The number of anilines is 2. The summed E-state index contributed by atoms with van der Waals surface area (Å²) in [6.07, 6.45) is 1.95. The van der Waals surface area contributed by atoms with Gasteiger partial charge in [0.25, 0.3) is 0 Å². The molecule has 3 rings (SSSR count). The fraction of sp³-hybridized carbons (Fsp3) is 0.250. The van der Waals surface area contributed by atoms with Crippen molar-refractivity contribution in [1.29, 1.82) is 0 Å². The lowest BCUT2D eigenvalue weighted by atomic mass is 9.96. The largest absolute Gasteiger partial charge is 0.366 e. The summed E-state index contributed by atoms with van der Waals surface area (Å²) < 4.78 is 0. The first-order chi connectivity index (χ1) is 12.8. The molecular weight excluding hydrogens is 344 g/mol. The Morgan fingerprint density at radius 2 is 1.70 bits per heavy atom. The Morgan fingerprint density at radius 1 is 1.07 bits per heavy atom. The van der Waals surface area contributed by atoms with Crippen LogP contribution in [-0.4, -0.2) is 30.3 Å². The number of nitrogens with zero attached hydrogens (tertiary/aromatic N) is 1. The number of nitrogens with one attached hydrogen (secondary N) is 1. The summed E-state index contributed by atoms with van der Waals surface area (Å²) in [5.41, 5.74) is 13.4. The zero-order valence-electron chi connectivity index (χ0n) is 15.1. The molecule has 1 aliphatic heterocycles. The molecule has 0 bridgehead atoms. The summed E-state index contributed by atoms with van der Waals surface area (Å²) in [5, 5.41) is 2.73. The molecule has 1 atom stereocenters. The maximum Gasteiger partial charge on any atom is 0.248 e. The van der Waals surface area contributed by atoms with Gasteiger partial charge in [0.1, 0.15) is 0 Å². The van der Waals surface area contributed by atoms with Gasteiger partial charge in [-0.2, -0.15) is 0 Å². The average molecular weight is 366 g/mol. The summed E-state index contributed by atoms with van der Waals surface area (Å²) in [7, 11) is 0. The number of fused-ring (bicyclic) bond motifs is 1. The number of para-hydroxylation sites is 1. The first kappa shape index (κ1) is 18.4. The molecule has 0 radical (unpaired) electrons. The molecule has 0 saturated carbocycles. The van der Waals surface area contributed by atoms with Crippen molar-refractivity contribution < 1.29 is 14.4 Å². The molecular formula is C20H22N4O3. The van der Waals surface area contributed by atoms with Crippen LogP contribution in [0.4, 0.5) is 11.4 Å². The smallest absolute Gasteiger partial charge is 0.248 e. The van der Waals surface area contributed by atoms with E-state index >= 15 is 0 Å². The maximum atomic E-state index is 12.6. The molecule has 0 aromatic heterocycles. The molecule has 2 aromatic carbocycles. The zero-order chi connectivity index (χ0) is 19.6. The molecule has 0 unspecified atom stereocenters. The van der Waals surface area contributed by atoms with E-state index < -0.39 is 11.8 Å². The van der Waals surface area contributed by atoms with E-state index in [9.17, 15) is 14.4 Å². The number of hydrogen-bond acceptors (Lipinski definition) is 4. The summed E-state index contributed by atoms with van der Waals surface area (Å²) in [6.45, 7) is 2.24. The van der Waals surface area contributed by atoms with Gasteiger partial charge in [-0.25, -0.2) is 0 Å². The topological polar surface area (TPSA) is 119 Å². The van der Waals surface area contributed by atoms with Crippen LogP contribution in [0, 0.1) is 0 Å². The molecule has 5 N–H and O–H groups in total. The van der Waals surface area contributed by atoms with Crippen molar-refractivity contribution in [1.82, 2.24) is 0 Å². The lowest BCUT2D eigenvalue weighted by Crippen LogP contribution is -2.42. The second-order valence-electron chi connectivity index (χ2n) is 6.72. The molecule has 3 amide bonds. The monoisotopic (exact) mass is 366 g/mol. The summed E-state index contributed by atoms with van der Waals surface area (Å²) >= 11 is 0. The fourth-order valence-electron chi connectivity index (χ4n) is 3.34. The minimum atomic E-state index is -0.702.